The van der Waals surface area contributed by atoms with Crippen LogP contribution in [0.3, 0.4) is 0 Å². The third-order valence-corrected chi connectivity index (χ3v) is 3.51. The lowest BCUT2D eigenvalue weighted by molar-refractivity contribution is 0.0953. The quantitative estimate of drug-likeness (QED) is 0.696. The summed E-state index contributed by atoms with van der Waals surface area (Å²) in [5, 5.41) is 2.90. The molecule has 0 radical (unpaired) electrons. The predicted molar refractivity (Wildman–Crippen MR) is 102 cm³/mol. The summed E-state index contributed by atoms with van der Waals surface area (Å²) in [5.74, 6) is 0.498. The van der Waals surface area contributed by atoms with Crippen molar-refractivity contribution in [1.82, 2.24) is 5.32 Å². The van der Waals surface area contributed by atoms with Gasteiger partial charge in [0.05, 0.1) is 12.1 Å². The van der Waals surface area contributed by atoms with Crippen molar-refractivity contribution in [1.29, 1.82) is 0 Å². The van der Waals surface area contributed by atoms with Crippen LogP contribution in [-0.4, -0.2) is 25.5 Å². The molecule has 0 aliphatic carbocycles. The zero-order chi connectivity index (χ0) is 15.8. The number of furan rings is 1. The minimum atomic E-state index is -0.119. The van der Waals surface area contributed by atoms with E-state index >= 15 is 0 Å². The highest BCUT2D eigenvalue weighted by Crippen LogP contribution is 2.12. The normalized spacial score (nSPS) is 9.58. The van der Waals surface area contributed by atoms with Crippen LogP contribution in [0.4, 0.5) is 5.69 Å². The SMILES string of the molecule is CCN(CCCNC(=O)c1coc(CN)c1)c1ccccc1.Cl.Cl. The molecule has 0 atom stereocenters. The molecule has 0 unspecified atom stereocenters. The van der Waals surface area contributed by atoms with Crippen molar-refractivity contribution in [2.75, 3.05) is 24.5 Å². The summed E-state index contributed by atoms with van der Waals surface area (Å²) in [6, 6.07) is 12.0. The first-order valence-electron chi connectivity index (χ1n) is 7.60. The monoisotopic (exact) mass is 373 g/mol. The fourth-order valence-corrected chi connectivity index (χ4v) is 2.29. The van der Waals surface area contributed by atoms with E-state index in [2.05, 4.69) is 29.3 Å². The van der Waals surface area contributed by atoms with Crippen LogP contribution >= 0.6 is 24.8 Å². The minimum Gasteiger partial charge on any atom is -0.467 e. The van der Waals surface area contributed by atoms with Gasteiger partial charge in [-0.05, 0) is 31.5 Å². The van der Waals surface area contributed by atoms with Gasteiger partial charge in [0.1, 0.15) is 12.0 Å². The molecule has 1 aromatic carbocycles. The van der Waals surface area contributed by atoms with E-state index in [-0.39, 0.29) is 30.7 Å². The largest absolute Gasteiger partial charge is 0.467 e. The van der Waals surface area contributed by atoms with Crippen molar-refractivity contribution < 1.29 is 9.21 Å². The van der Waals surface area contributed by atoms with Gasteiger partial charge in [-0.1, -0.05) is 18.2 Å². The van der Waals surface area contributed by atoms with Gasteiger partial charge in [0.2, 0.25) is 0 Å². The minimum absolute atomic E-state index is 0. The van der Waals surface area contributed by atoms with Gasteiger partial charge in [0, 0.05) is 25.3 Å². The van der Waals surface area contributed by atoms with Crippen molar-refractivity contribution in [3.8, 4) is 0 Å². The highest BCUT2D eigenvalue weighted by atomic mass is 35.5. The number of carbonyl (C=O) groups is 1. The van der Waals surface area contributed by atoms with Crippen LogP contribution in [-0.2, 0) is 6.54 Å². The van der Waals surface area contributed by atoms with E-state index < -0.39 is 0 Å². The fourth-order valence-electron chi connectivity index (χ4n) is 2.29. The van der Waals surface area contributed by atoms with Gasteiger partial charge in [-0.15, -0.1) is 24.8 Å². The molecular weight excluding hydrogens is 349 g/mol. The Morgan fingerprint density at radius 1 is 1.25 bits per heavy atom. The second kappa shape index (κ2) is 11.8. The average molecular weight is 374 g/mol. The molecule has 0 saturated heterocycles. The summed E-state index contributed by atoms with van der Waals surface area (Å²) in [7, 11) is 0. The van der Waals surface area contributed by atoms with Crippen LogP contribution in [0.25, 0.3) is 0 Å². The van der Waals surface area contributed by atoms with E-state index in [1.54, 1.807) is 6.07 Å². The first kappa shape index (κ1) is 22.3. The zero-order valence-electron chi connectivity index (χ0n) is 13.7. The molecule has 0 bridgehead atoms. The number of amides is 1. The molecule has 3 N–H and O–H groups in total. The number of halogens is 2. The molecule has 1 aromatic heterocycles. The predicted octanol–water partition coefficient (Wildman–Crippen LogP) is 3.23. The van der Waals surface area contributed by atoms with Crippen molar-refractivity contribution >= 4 is 36.4 Å². The lowest BCUT2D eigenvalue weighted by atomic mass is 10.2. The van der Waals surface area contributed by atoms with Gasteiger partial charge in [0.15, 0.2) is 0 Å². The molecule has 2 aromatic rings. The van der Waals surface area contributed by atoms with Crippen LogP contribution in [0.15, 0.2) is 47.1 Å². The Labute approximate surface area is 155 Å². The molecule has 1 amide bonds. The molecule has 0 spiro atoms. The van der Waals surface area contributed by atoms with Gasteiger partial charge in [0.25, 0.3) is 5.91 Å². The van der Waals surface area contributed by atoms with Gasteiger partial charge < -0.3 is 20.4 Å². The number of nitrogens with two attached hydrogens (primary N) is 1. The number of para-hydroxylation sites is 1. The Bertz CT molecular complexity index is 591. The first-order valence-corrected chi connectivity index (χ1v) is 7.60. The number of nitrogens with zero attached hydrogens (tertiary/aromatic N) is 1. The maximum absolute atomic E-state index is 11.9. The van der Waals surface area contributed by atoms with Crippen LogP contribution in [0.2, 0.25) is 0 Å². The fraction of sp³-hybridized carbons (Fsp3) is 0.353. The van der Waals surface area contributed by atoms with Crippen LogP contribution in [0.5, 0.6) is 0 Å². The summed E-state index contributed by atoms with van der Waals surface area (Å²) < 4.78 is 5.16. The van der Waals surface area contributed by atoms with Gasteiger partial charge in [-0.25, -0.2) is 0 Å². The van der Waals surface area contributed by atoms with Crippen LogP contribution < -0.4 is 16.0 Å². The van der Waals surface area contributed by atoms with Crippen LogP contribution in [0.1, 0.15) is 29.5 Å². The summed E-state index contributed by atoms with van der Waals surface area (Å²) in [6.07, 6.45) is 2.33. The molecule has 0 saturated carbocycles. The maximum atomic E-state index is 11.9. The molecule has 7 heteroatoms. The van der Waals surface area contributed by atoms with Crippen molar-refractivity contribution in [3.63, 3.8) is 0 Å². The zero-order valence-corrected chi connectivity index (χ0v) is 15.4. The van der Waals surface area contributed by atoms with Gasteiger partial charge >= 0.3 is 0 Å². The van der Waals surface area contributed by atoms with E-state index in [1.165, 1.54) is 12.0 Å². The summed E-state index contributed by atoms with van der Waals surface area (Å²) in [4.78, 5) is 14.2. The molecule has 5 nitrogen and oxygen atoms in total. The topological polar surface area (TPSA) is 71.5 Å². The van der Waals surface area contributed by atoms with E-state index in [0.29, 0.717) is 24.4 Å². The second-order valence-electron chi connectivity index (χ2n) is 5.03. The van der Waals surface area contributed by atoms with E-state index in [4.69, 9.17) is 10.2 Å². The Hall–Kier alpha value is -1.69. The van der Waals surface area contributed by atoms with E-state index in [1.807, 2.05) is 18.2 Å². The first-order chi connectivity index (χ1) is 10.7. The molecule has 0 aliphatic heterocycles. The van der Waals surface area contributed by atoms with Crippen molar-refractivity contribution in [2.45, 2.75) is 19.9 Å². The Morgan fingerprint density at radius 2 is 1.96 bits per heavy atom. The molecule has 134 valence electrons. The lowest BCUT2D eigenvalue weighted by Crippen LogP contribution is -2.29. The number of rotatable bonds is 8. The number of anilines is 1. The maximum Gasteiger partial charge on any atom is 0.254 e. The average Bonchev–Trinajstić information content (AvgIpc) is 3.05. The number of benzene rings is 1. The molecule has 2 rings (SSSR count). The van der Waals surface area contributed by atoms with Gasteiger partial charge in [-0.3, -0.25) is 4.79 Å². The van der Waals surface area contributed by atoms with Crippen LogP contribution in [0, 0.1) is 0 Å². The van der Waals surface area contributed by atoms with Crippen molar-refractivity contribution in [2.24, 2.45) is 5.73 Å². The number of carbonyl (C=O) groups excluding carboxylic acids is 1. The second-order valence-corrected chi connectivity index (χ2v) is 5.03. The third-order valence-electron chi connectivity index (χ3n) is 3.51. The highest BCUT2D eigenvalue weighted by molar-refractivity contribution is 5.93. The molecule has 1 heterocycles. The van der Waals surface area contributed by atoms with E-state index in [0.717, 1.165) is 19.5 Å². The molecule has 24 heavy (non-hydrogen) atoms. The Kier molecular flexibility index (Phi) is 11.0. The smallest absolute Gasteiger partial charge is 0.254 e. The number of hydrogen-bond donors (Lipinski definition) is 2. The summed E-state index contributed by atoms with van der Waals surface area (Å²) >= 11 is 0. The van der Waals surface area contributed by atoms with E-state index in [9.17, 15) is 4.79 Å². The summed E-state index contributed by atoms with van der Waals surface area (Å²) in [5.41, 5.74) is 7.19. The number of hydrogen-bond acceptors (Lipinski definition) is 4. The third kappa shape index (κ3) is 6.43. The molecular formula is C17H25Cl2N3O2. The molecule has 0 aliphatic rings. The van der Waals surface area contributed by atoms with Crippen molar-refractivity contribution in [3.05, 3.63) is 54.0 Å². The molecule has 0 fully saturated rings. The van der Waals surface area contributed by atoms with Gasteiger partial charge in [-0.2, -0.15) is 0 Å². The summed E-state index contributed by atoms with van der Waals surface area (Å²) in [6.45, 7) is 4.91. The standard InChI is InChI=1S/C17H23N3O2.2ClH/c1-2-20(15-7-4-3-5-8-15)10-6-9-19-17(21)14-11-16(12-18)22-13-14;;/h3-5,7-8,11,13H,2,6,9-10,12,18H2,1H3,(H,19,21);2*1H. The lowest BCUT2D eigenvalue weighted by Gasteiger charge is -2.23. The Morgan fingerprint density at radius 3 is 2.54 bits per heavy atom. The Balaban J connectivity index is 0.00000264. The highest BCUT2D eigenvalue weighted by Gasteiger charge is 2.09. The number of nitrogens with one attached hydrogen (secondary N) is 1.